The van der Waals surface area contributed by atoms with E-state index in [0.29, 0.717) is 24.2 Å². The van der Waals surface area contributed by atoms with Gasteiger partial charge in [0.25, 0.3) is 11.8 Å². The SMILES string of the molecule is Cc1ccc(N2CCN(C(=O)c3ccc4c(c3)N(C)[C@@H]3CCCCN3C4=O)CC2)cc1. The van der Waals surface area contributed by atoms with Crippen molar-refractivity contribution in [2.24, 2.45) is 0 Å². The fraction of sp³-hybridized carbons (Fsp3) is 0.440. The number of nitrogens with zero attached hydrogens (tertiary/aromatic N) is 4. The highest BCUT2D eigenvalue weighted by molar-refractivity contribution is 6.04. The van der Waals surface area contributed by atoms with Crippen LogP contribution in [0.2, 0.25) is 0 Å². The van der Waals surface area contributed by atoms with Gasteiger partial charge in [0.15, 0.2) is 0 Å². The van der Waals surface area contributed by atoms with Crippen molar-refractivity contribution >= 4 is 23.2 Å². The lowest BCUT2D eigenvalue weighted by Crippen LogP contribution is -2.56. The Bertz CT molecular complexity index is 995. The van der Waals surface area contributed by atoms with Gasteiger partial charge in [-0.15, -0.1) is 0 Å². The number of piperidine rings is 1. The first-order valence-electron chi connectivity index (χ1n) is 11.3. The van der Waals surface area contributed by atoms with E-state index in [-0.39, 0.29) is 18.0 Å². The van der Waals surface area contributed by atoms with E-state index < -0.39 is 0 Å². The Labute approximate surface area is 184 Å². The van der Waals surface area contributed by atoms with Crippen LogP contribution in [0.1, 0.15) is 45.5 Å². The summed E-state index contributed by atoms with van der Waals surface area (Å²) in [4.78, 5) is 34.6. The summed E-state index contributed by atoms with van der Waals surface area (Å²) < 4.78 is 0. The molecule has 0 unspecified atom stereocenters. The lowest BCUT2D eigenvalue weighted by Gasteiger charge is -2.46. The van der Waals surface area contributed by atoms with E-state index in [1.807, 2.05) is 35.0 Å². The maximum atomic E-state index is 13.2. The molecule has 0 saturated carbocycles. The lowest BCUT2D eigenvalue weighted by atomic mass is 9.97. The zero-order valence-electron chi connectivity index (χ0n) is 18.4. The maximum absolute atomic E-state index is 13.2. The number of hydrogen-bond acceptors (Lipinski definition) is 4. The molecule has 0 aliphatic carbocycles. The monoisotopic (exact) mass is 418 g/mol. The number of benzene rings is 2. The Kier molecular flexibility index (Phi) is 5.08. The summed E-state index contributed by atoms with van der Waals surface area (Å²) >= 11 is 0. The van der Waals surface area contributed by atoms with Crippen molar-refractivity contribution in [1.82, 2.24) is 9.80 Å². The van der Waals surface area contributed by atoms with Gasteiger partial charge in [0.1, 0.15) is 6.17 Å². The van der Waals surface area contributed by atoms with E-state index in [1.54, 1.807) is 0 Å². The molecular weight excluding hydrogens is 388 g/mol. The second-order valence-electron chi connectivity index (χ2n) is 8.93. The topological polar surface area (TPSA) is 47.1 Å². The van der Waals surface area contributed by atoms with Crippen LogP contribution in [0.5, 0.6) is 0 Å². The van der Waals surface area contributed by atoms with Crippen LogP contribution in [-0.4, -0.2) is 67.6 Å². The molecule has 0 N–H and O–H groups in total. The summed E-state index contributed by atoms with van der Waals surface area (Å²) in [7, 11) is 2.04. The second-order valence-corrected chi connectivity index (χ2v) is 8.93. The summed E-state index contributed by atoms with van der Waals surface area (Å²) in [6.07, 6.45) is 3.30. The van der Waals surface area contributed by atoms with E-state index in [1.165, 1.54) is 11.3 Å². The van der Waals surface area contributed by atoms with Gasteiger partial charge in [-0.05, 0) is 56.5 Å². The lowest BCUT2D eigenvalue weighted by molar-refractivity contribution is 0.0588. The molecule has 2 saturated heterocycles. The fourth-order valence-corrected chi connectivity index (χ4v) is 5.11. The molecule has 6 nitrogen and oxygen atoms in total. The van der Waals surface area contributed by atoms with Gasteiger partial charge >= 0.3 is 0 Å². The van der Waals surface area contributed by atoms with Crippen molar-refractivity contribution in [2.45, 2.75) is 32.4 Å². The molecule has 2 fully saturated rings. The average Bonchev–Trinajstić information content (AvgIpc) is 2.82. The molecular formula is C25H30N4O2. The maximum Gasteiger partial charge on any atom is 0.257 e. The third-order valence-corrected chi connectivity index (χ3v) is 7.00. The minimum atomic E-state index is 0.0540. The van der Waals surface area contributed by atoms with E-state index in [9.17, 15) is 9.59 Å². The molecule has 3 aliphatic rings. The zero-order chi connectivity index (χ0) is 21.5. The summed E-state index contributed by atoms with van der Waals surface area (Å²) in [6, 6.07) is 14.2. The van der Waals surface area contributed by atoms with E-state index >= 15 is 0 Å². The van der Waals surface area contributed by atoms with Crippen LogP contribution < -0.4 is 9.80 Å². The van der Waals surface area contributed by atoms with Gasteiger partial charge in [-0.3, -0.25) is 9.59 Å². The van der Waals surface area contributed by atoms with Gasteiger partial charge in [0.05, 0.1) is 11.3 Å². The van der Waals surface area contributed by atoms with Crippen molar-refractivity contribution in [2.75, 3.05) is 49.6 Å². The number of amides is 2. The highest BCUT2D eigenvalue weighted by Gasteiger charge is 2.37. The molecule has 162 valence electrons. The number of piperazine rings is 1. The van der Waals surface area contributed by atoms with Crippen LogP contribution in [0.15, 0.2) is 42.5 Å². The molecule has 1 atom stereocenters. The number of hydrogen-bond donors (Lipinski definition) is 0. The quantitative estimate of drug-likeness (QED) is 0.750. The van der Waals surface area contributed by atoms with Crippen molar-refractivity contribution in [1.29, 1.82) is 0 Å². The van der Waals surface area contributed by atoms with Gasteiger partial charge in [-0.25, -0.2) is 0 Å². The Morgan fingerprint density at radius 3 is 2.42 bits per heavy atom. The molecule has 2 amide bonds. The van der Waals surface area contributed by atoms with Gasteiger partial charge in [0, 0.05) is 51.0 Å². The van der Waals surface area contributed by atoms with Crippen LogP contribution in [0.4, 0.5) is 11.4 Å². The third kappa shape index (κ3) is 3.54. The predicted molar refractivity (Wildman–Crippen MR) is 123 cm³/mol. The number of anilines is 2. The molecule has 5 rings (SSSR count). The number of fused-ring (bicyclic) bond motifs is 2. The second kappa shape index (κ2) is 7.91. The molecule has 6 heteroatoms. The van der Waals surface area contributed by atoms with Crippen LogP contribution in [-0.2, 0) is 0 Å². The Balaban J connectivity index is 1.31. The standard InChI is InChI=1S/C25H30N4O2/c1-18-6-9-20(10-7-18)27-13-15-28(16-14-27)24(30)19-8-11-21-22(17-19)26(2)23-5-3-4-12-29(23)25(21)31/h6-11,17,23H,3-5,12-16H2,1-2H3/t23-/m0/s1. The summed E-state index contributed by atoms with van der Waals surface area (Å²) in [5.41, 5.74) is 4.73. The van der Waals surface area contributed by atoms with Gasteiger partial charge in [-0.1, -0.05) is 17.7 Å². The van der Waals surface area contributed by atoms with Crippen LogP contribution >= 0.6 is 0 Å². The first-order valence-corrected chi connectivity index (χ1v) is 11.3. The first kappa shape index (κ1) is 19.9. The van der Waals surface area contributed by atoms with Gasteiger partial charge in [0.2, 0.25) is 0 Å². The normalized spacial score (nSPS) is 21.1. The molecule has 2 aromatic carbocycles. The van der Waals surface area contributed by atoms with Crippen LogP contribution in [0.3, 0.4) is 0 Å². The molecule has 0 spiro atoms. The van der Waals surface area contributed by atoms with Crippen LogP contribution in [0, 0.1) is 6.92 Å². The fourth-order valence-electron chi connectivity index (χ4n) is 5.11. The van der Waals surface area contributed by atoms with Crippen molar-refractivity contribution < 1.29 is 9.59 Å². The summed E-state index contributed by atoms with van der Waals surface area (Å²) in [6.45, 7) is 5.98. The number of aryl methyl sites for hydroxylation is 1. The van der Waals surface area contributed by atoms with Crippen molar-refractivity contribution in [3.63, 3.8) is 0 Å². The minimum Gasteiger partial charge on any atom is -0.368 e. The molecule has 0 bridgehead atoms. The highest BCUT2D eigenvalue weighted by atomic mass is 16.2. The molecule has 31 heavy (non-hydrogen) atoms. The van der Waals surface area contributed by atoms with E-state index in [0.717, 1.165) is 44.6 Å². The van der Waals surface area contributed by atoms with E-state index in [4.69, 9.17) is 0 Å². The minimum absolute atomic E-state index is 0.0540. The Morgan fingerprint density at radius 1 is 0.935 bits per heavy atom. The highest BCUT2D eigenvalue weighted by Crippen LogP contribution is 2.35. The largest absolute Gasteiger partial charge is 0.368 e. The summed E-state index contributed by atoms with van der Waals surface area (Å²) in [5, 5.41) is 0. The molecule has 0 radical (unpaired) electrons. The van der Waals surface area contributed by atoms with Gasteiger partial charge < -0.3 is 19.6 Å². The van der Waals surface area contributed by atoms with Gasteiger partial charge in [-0.2, -0.15) is 0 Å². The molecule has 3 aliphatic heterocycles. The number of rotatable bonds is 2. The molecule has 3 heterocycles. The van der Waals surface area contributed by atoms with Crippen LogP contribution in [0.25, 0.3) is 0 Å². The Hall–Kier alpha value is -3.02. The van der Waals surface area contributed by atoms with Crippen molar-refractivity contribution in [3.05, 3.63) is 59.2 Å². The Morgan fingerprint density at radius 2 is 1.68 bits per heavy atom. The number of carbonyl (C=O) groups excluding carboxylic acids is 2. The number of carbonyl (C=O) groups is 2. The average molecular weight is 419 g/mol. The smallest absolute Gasteiger partial charge is 0.257 e. The predicted octanol–water partition coefficient (Wildman–Crippen LogP) is 3.36. The molecule has 2 aromatic rings. The summed E-state index contributed by atoms with van der Waals surface area (Å²) in [5.74, 6) is 0.154. The zero-order valence-corrected chi connectivity index (χ0v) is 18.4. The van der Waals surface area contributed by atoms with Crippen molar-refractivity contribution in [3.8, 4) is 0 Å². The van der Waals surface area contributed by atoms with E-state index in [2.05, 4.69) is 41.0 Å². The molecule has 0 aromatic heterocycles. The third-order valence-electron chi connectivity index (χ3n) is 7.00. The first-order chi connectivity index (χ1) is 15.0.